The topological polar surface area (TPSA) is 66.8 Å². The van der Waals surface area contributed by atoms with Gasteiger partial charge >= 0.3 is 0 Å². The van der Waals surface area contributed by atoms with Crippen molar-refractivity contribution in [3.05, 3.63) is 46.5 Å². The summed E-state index contributed by atoms with van der Waals surface area (Å²) in [4.78, 5) is 26.5. The molecule has 29 heavy (non-hydrogen) atoms. The molecule has 2 amide bonds. The van der Waals surface area contributed by atoms with Crippen LogP contribution in [-0.4, -0.2) is 41.6 Å². The normalized spacial score (nSPS) is 29.5. The van der Waals surface area contributed by atoms with E-state index in [2.05, 4.69) is 13.8 Å². The van der Waals surface area contributed by atoms with Gasteiger partial charge in [-0.05, 0) is 44.2 Å². The van der Waals surface area contributed by atoms with Crippen molar-refractivity contribution in [3.8, 4) is 5.75 Å². The Kier molecular flexibility index (Phi) is 5.34. The highest BCUT2D eigenvalue weighted by atomic mass is 16.5. The molecule has 1 N–H and O–H groups in total. The zero-order chi connectivity index (χ0) is 20.7. The van der Waals surface area contributed by atoms with E-state index in [0.29, 0.717) is 13.0 Å². The summed E-state index contributed by atoms with van der Waals surface area (Å²) >= 11 is 0. The number of carbonyl (C=O) groups excluding carboxylic acids is 2. The minimum Gasteiger partial charge on any atom is -0.507 e. The van der Waals surface area contributed by atoms with Gasteiger partial charge in [0.05, 0.1) is 24.5 Å². The fourth-order valence-corrected chi connectivity index (χ4v) is 5.28. The summed E-state index contributed by atoms with van der Waals surface area (Å²) in [5.41, 5.74) is 4.58. The van der Waals surface area contributed by atoms with Crippen LogP contribution in [0.25, 0.3) is 6.08 Å². The zero-order valence-corrected chi connectivity index (χ0v) is 17.4. The minimum absolute atomic E-state index is 0.0115. The molecular weight excluding hydrogens is 366 g/mol. The van der Waals surface area contributed by atoms with E-state index >= 15 is 0 Å². The van der Waals surface area contributed by atoms with Crippen LogP contribution in [0.15, 0.2) is 41.0 Å². The fourth-order valence-electron chi connectivity index (χ4n) is 5.28. The molecule has 4 atom stereocenters. The van der Waals surface area contributed by atoms with Gasteiger partial charge in [-0.3, -0.25) is 14.5 Å². The van der Waals surface area contributed by atoms with Gasteiger partial charge in [-0.15, -0.1) is 0 Å². The molecule has 154 valence electrons. The molecule has 4 rings (SSSR count). The fraction of sp³-hybridized carbons (Fsp3) is 0.500. The molecule has 2 fully saturated rings. The number of hydrogen-bond donors (Lipinski definition) is 1. The van der Waals surface area contributed by atoms with E-state index in [9.17, 15) is 14.7 Å². The third-order valence-corrected chi connectivity index (χ3v) is 6.79. The zero-order valence-electron chi connectivity index (χ0n) is 17.4. The molecule has 2 aliphatic heterocycles. The highest BCUT2D eigenvalue weighted by molar-refractivity contribution is 6.05. The maximum Gasteiger partial charge on any atom is 0.233 e. The van der Waals surface area contributed by atoms with Gasteiger partial charge in [0.2, 0.25) is 11.8 Å². The van der Waals surface area contributed by atoms with Crippen LogP contribution >= 0.6 is 0 Å². The molecule has 0 spiro atoms. The lowest BCUT2D eigenvalue weighted by Gasteiger charge is -2.31. The van der Waals surface area contributed by atoms with E-state index in [1.165, 1.54) is 21.6 Å². The molecule has 0 unspecified atom stereocenters. The lowest BCUT2D eigenvalue weighted by Crippen LogP contribution is -2.33. The number of likely N-dealkylation sites (tertiary alicyclic amines) is 1. The molecule has 1 aliphatic carbocycles. The summed E-state index contributed by atoms with van der Waals surface area (Å²) in [5, 5.41) is 9.97. The molecule has 0 bridgehead atoms. The highest BCUT2D eigenvalue weighted by Gasteiger charge is 2.55. The number of amides is 2. The molecule has 0 saturated carbocycles. The van der Waals surface area contributed by atoms with Crippen molar-refractivity contribution in [1.29, 1.82) is 0 Å². The van der Waals surface area contributed by atoms with Gasteiger partial charge in [0.15, 0.2) is 0 Å². The van der Waals surface area contributed by atoms with Gasteiger partial charge in [0, 0.05) is 18.5 Å². The number of imide groups is 1. The average Bonchev–Trinajstić information content (AvgIpc) is 3.23. The highest BCUT2D eigenvalue weighted by Crippen LogP contribution is 2.50. The second-order valence-corrected chi connectivity index (χ2v) is 8.50. The molecule has 1 aromatic carbocycles. The standard InChI is InChI=1S/C24H29NO4/c1-4-15-12-17-22(24(28)25(3)23(17)27)18-13-29-20(21(15)18)10-9-14(2)11-16-7-5-6-8-19(16)26/h5-8,11,17-18,20,22,26H,4,9-10,12-13H2,1-3H3/b14-11+/t17-,18+,20-,22-/m1/s1. The van der Waals surface area contributed by atoms with Crippen LogP contribution in [0.3, 0.4) is 0 Å². The van der Waals surface area contributed by atoms with Crippen LogP contribution in [0.2, 0.25) is 0 Å². The summed E-state index contributed by atoms with van der Waals surface area (Å²) in [6, 6.07) is 7.32. The summed E-state index contributed by atoms with van der Waals surface area (Å²) in [5.74, 6) is -0.209. The van der Waals surface area contributed by atoms with E-state index in [1.54, 1.807) is 13.1 Å². The minimum atomic E-state index is -0.249. The van der Waals surface area contributed by atoms with Gasteiger partial charge < -0.3 is 9.84 Å². The maximum atomic E-state index is 12.7. The lowest BCUT2D eigenvalue weighted by atomic mass is 9.69. The average molecular weight is 395 g/mol. The summed E-state index contributed by atoms with van der Waals surface area (Å²) in [6.07, 6.45) is 5.31. The number of fused-ring (bicyclic) bond motifs is 3. The molecule has 0 radical (unpaired) electrons. The van der Waals surface area contributed by atoms with Crippen molar-refractivity contribution in [2.24, 2.45) is 17.8 Å². The maximum absolute atomic E-state index is 12.7. The third-order valence-electron chi connectivity index (χ3n) is 6.79. The Balaban J connectivity index is 1.52. The number of carbonyl (C=O) groups is 2. The van der Waals surface area contributed by atoms with Crippen LogP contribution in [0.1, 0.15) is 45.1 Å². The lowest BCUT2D eigenvalue weighted by molar-refractivity contribution is -0.138. The van der Waals surface area contributed by atoms with Crippen LogP contribution in [0.5, 0.6) is 5.75 Å². The smallest absolute Gasteiger partial charge is 0.233 e. The van der Waals surface area contributed by atoms with E-state index < -0.39 is 0 Å². The van der Waals surface area contributed by atoms with E-state index in [1.807, 2.05) is 24.3 Å². The van der Waals surface area contributed by atoms with Crippen molar-refractivity contribution in [3.63, 3.8) is 0 Å². The molecular formula is C24H29NO4. The predicted molar refractivity (Wildman–Crippen MR) is 111 cm³/mol. The van der Waals surface area contributed by atoms with E-state index in [0.717, 1.165) is 24.8 Å². The molecule has 0 aromatic heterocycles. The number of nitrogens with zero attached hydrogens (tertiary/aromatic N) is 1. The summed E-state index contributed by atoms with van der Waals surface area (Å²) < 4.78 is 6.17. The van der Waals surface area contributed by atoms with Gasteiger partial charge in [0.1, 0.15) is 5.75 Å². The number of hydrogen-bond acceptors (Lipinski definition) is 4. The first-order valence-corrected chi connectivity index (χ1v) is 10.5. The van der Waals surface area contributed by atoms with Gasteiger partial charge in [-0.2, -0.15) is 0 Å². The Labute approximate surface area is 172 Å². The van der Waals surface area contributed by atoms with Crippen LogP contribution in [0, 0.1) is 17.8 Å². The van der Waals surface area contributed by atoms with Crippen molar-refractivity contribution in [2.75, 3.05) is 13.7 Å². The van der Waals surface area contributed by atoms with Crippen molar-refractivity contribution >= 4 is 17.9 Å². The number of ether oxygens (including phenoxy) is 1. The Bertz CT molecular complexity index is 900. The second kappa shape index (κ2) is 7.79. The predicted octanol–water partition coefficient (Wildman–Crippen LogP) is 3.93. The first-order valence-electron chi connectivity index (χ1n) is 10.5. The molecule has 2 saturated heterocycles. The number of allylic oxidation sites excluding steroid dienone is 2. The number of para-hydroxylation sites is 1. The monoisotopic (exact) mass is 395 g/mol. The number of benzene rings is 1. The van der Waals surface area contributed by atoms with Crippen molar-refractivity contribution in [2.45, 2.75) is 45.6 Å². The van der Waals surface area contributed by atoms with Gasteiger partial charge in [0.25, 0.3) is 0 Å². The van der Waals surface area contributed by atoms with Crippen LogP contribution < -0.4 is 0 Å². The molecule has 1 aromatic rings. The second-order valence-electron chi connectivity index (χ2n) is 8.50. The SMILES string of the molecule is CCC1=C2[C@@H](CC/C(C)=C/c3ccccc3O)OC[C@@H]2[C@@H]2C(=O)N(C)C(=O)[C@@H]2C1. The van der Waals surface area contributed by atoms with E-state index in [4.69, 9.17) is 4.74 Å². The van der Waals surface area contributed by atoms with Crippen molar-refractivity contribution < 1.29 is 19.4 Å². The molecule has 5 heteroatoms. The molecule has 3 aliphatic rings. The Hall–Kier alpha value is -2.40. The van der Waals surface area contributed by atoms with Gasteiger partial charge in [-0.1, -0.05) is 42.3 Å². The number of phenolic OH excluding ortho intramolecular Hbond substituents is 1. The first kappa shape index (κ1) is 19.9. The number of phenols is 1. The van der Waals surface area contributed by atoms with Crippen molar-refractivity contribution in [1.82, 2.24) is 4.90 Å². The summed E-state index contributed by atoms with van der Waals surface area (Å²) in [6.45, 7) is 4.72. The summed E-state index contributed by atoms with van der Waals surface area (Å²) in [7, 11) is 1.61. The van der Waals surface area contributed by atoms with Crippen LogP contribution in [0.4, 0.5) is 0 Å². The van der Waals surface area contributed by atoms with E-state index in [-0.39, 0.29) is 41.4 Å². The third kappa shape index (κ3) is 3.42. The molecule has 2 heterocycles. The Morgan fingerprint density at radius 1 is 1.24 bits per heavy atom. The Morgan fingerprint density at radius 3 is 2.72 bits per heavy atom. The molecule has 5 nitrogen and oxygen atoms in total. The Morgan fingerprint density at radius 2 is 2.00 bits per heavy atom. The number of aromatic hydroxyl groups is 1. The van der Waals surface area contributed by atoms with Crippen LogP contribution in [-0.2, 0) is 14.3 Å². The largest absolute Gasteiger partial charge is 0.507 e. The number of rotatable bonds is 5. The van der Waals surface area contributed by atoms with Gasteiger partial charge in [-0.25, -0.2) is 0 Å². The first-order chi connectivity index (χ1) is 13.9. The quantitative estimate of drug-likeness (QED) is 0.606.